The van der Waals surface area contributed by atoms with E-state index >= 15 is 0 Å². The SMILES string of the molecule is CC(C)n1ncc2c(C(=O)N(C)[C@@H]3CCS(=O)(=O)C3)cc(C3CC3)nc21. The van der Waals surface area contributed by atoms with E-state index in [1.807, 2.05) is 24.6 Å². The molecule has 7 nitrogen and oxygen atoms in total. The Kier molecular flexibility index (Phi) is 4.06. The highest BCUT2D eigenvalue weighted by Crippen LogP contribution is 2.40. The lowest BCUT2D eigenvalue weighted by molar-refractivity contribution is 0.0749. The molecule has 1 aliphatic carbocycles. The van der Waals surface area contributed by atoms with E-state index < -0.39 is 9.84 Å². The van der Waals surface area contributed by atoms with Gasteiger partial charge in [-0.3, -0.25) is 4.79 Å². The van der Waals surface area contributed by atoms with Crippen LogP contribution in [0.5, 0.6) is 0 Å². The number of fused-ring (bicyclic) bond motifs is 1. The van der Waals surface area contributed by atoms with Crippen LogP contribution in [0.2, 0.25) is 0 Å². The average molecular weight is 376 g/mol. The third-order valence-electron chi connectivity index (χ3n) is 5.38. The zero-order valence-corrected chi connectivity index (χ0v) is 16.2. The highest BCUT2D eigenvalue weighted by atomic mass is 32.2. The molecule has 1 saturated carbocycles. The van der Waals surface area contributed by atoms with Crippen molar-refractivity contribution in [3.05, 3.63) is 23.5 Å². The number of amides is 1. The minimum absolute atomic E-state index is 0.0458. The van der Waals surface area contributed by atoms with Crippen molar-refractivity contribution in [1.82, 2.24) is 19.7 Å². The van der Waals surface area contributed by atoms with E-state index in [0.29, 0.717) is 17.9 Å². The van der Waals surface area contributed by atoms with Crippen LogP contribution >= 0.6 is 0 Å². The van der Waals surface area contributed by atoms with Crippen LogP contribution in [0, 0.1) is 0 Å². The summed E-state index contributed by atoms with van der Waals surface area (Å²) in [6.45, 7) is 4.07. The third kappa shape index (κ3) is 3.00. The number of hydrogen-bond donors (Lipinski definition) is 0. The molecule has 2 aliphatic rings. The van der Waals surface area contributed by atoms with E-state index in [1.54, 1.807) is 18.1 Å². The van der Waals surface area contributed by atoms with Gasteiger partial charge in [0, 0.05) is 30.7 Å². The van der Waals surface area contributed by atoms with Crippen molar-refractivity contribution >= 4 is 26.8 Å². The normalized spacial score (nSPS) is 22.2. The Labute approximate surface area is 153 Å². The fourth-order valence-electron chi connectivity index (χ4n) is 3.62. The van der Waals surface area contributed by atoms with Crippen molar-refractivity contribution in [3.63, 3.8) is 0 Å². The molecule has 0 spiro atoms. The number of carbonyl (C=O) groups excluding carboxylic acids is 1. The van der Waals surface area contributed by atoms with E-state index in [9.17, 15) is 13.2 Å². The molecule has 2 aromatic rings. The lowest BCUT2D eigenvalue weighted by atomic mass is 10.1. The summed E-state index contributed by atoms with van der Waals surface area (Å²) in [7, 11) is -1.34. The van der Waals surface area contributed by atoms with Gasteiger partial charge in [0.15, 0.2) is 15.5 Å². The molecule has 0 bridgehead atoms. The van der Waals surface area contributed by atoms with Gasteiger partial charge in [0.05, 0.1) is 28.7 Å². The molecular formula is C18H24N4O3S. The quantitative estimate of drug-likeness (QED) is 0.816. The number of aromatic nitrogens is 3. The van der Waals surface area contributed by atoms with Crippen molar-refractivity contribution in [3.8, 4) is 0 Å². The van der Waals surface area contributed by atoms with Gasteiger partial charge in [-0.1, -0.05) is 0 Å². The summed E-state index contributed by atoms with van der Waals surface area (Å²) in [5, 5.41) is 5.16. The maximum atomic E-state index is 13.2. The van der Waals surface area contributed by atoms with Crippen LogP contribution in [0.15, 0.2) is 12.3 Å². The first kappa shape index (κ1) is 17.5. The molecule has 1 saturated heterocycles. The zero-order valence-electron chi connectivity index (χ0n) is 15.3. The second kappa shape index (κ2) is 6.04. The predicted octanol–water partition coefficient (Wildman–Crippen LogP) is 2.15. The fraction of sp³-hybridized carbons (Fsp3) is 0.611. The molecule has 0 unspecified atom stereocenters. The number of pyridine rings is 1. The topological polar surface area (TPSA) is 85.2 Å². The van der Waals surface area contributed by atoms with E-state index in [1.165, 1.54) is 0 Å². The molecule has 1 atom stereocenters. The minimum atomic E-state index is -3.04. The van der Waals surface area contributed by atoms with Crippen molar-refractivity contribution in [2.75, 3.05) is 18.6 Å². The molecule has 1 aliphatic heterocycles. The number of nitrogens with zero attached hydrogens (tertiary/aromatic N) is 4. The maximum absolute atomic E-state index is 13.2. The van der Waals surface area contributed by atoms with Crippen LogP contribution in [-0.2, 0) is 9.84 Å². The summed E-state index contributed by atoms with van der Waals surface area (Å²) in [4.78, 5) is 19.6. The molecule has 3 heterocycles. The van der Waals surface area contributed by atoms with Crippen LogP contribution in [-0.4, -0.2) is 58.6 Å². The van der Waals surface area contributed by atoms with Crippen molar-refractivity contribution < 1.29 is 13.2 Å². The molecule has 26 heavy (non-hydrogen) atoms. The molecule has 140 valence electrons. The summed E-state index contributed by atoms with van der Waals surface area (Å²) >= 11 is 0. The summed E-state index contributed by atoms with van der Waals surface area (Å²) in [5.41, 5.74) is 2.26. The first-order valence-electron chi connectivity index (χ1n) is 9.12. The van der Waals surface area contributed by atoms with E-state index in [0.717, 1.165) is 29.6 Å². The second-order valence-electron chi connectivity index (χ2n) is 7.76. The zero-order chi connectivity index (χ0) is 18.6. The summed E-state index contributed by atoms with van der Waals surface area (Å²) in [6.07, 6.45) is 4.39. The number of rotatable bonds is 4. The van der Waals surface area contributed by atoms with Crippen molar-refractivity contribution in [1.29, 1.82) is 0 Å². The molecule has 2 fully saturated rings. The smallest absolute Gasteiger partial charge is 0.254 e. The molecule has 1 amide bonds. The van der Waals surface area contributed by atoms with E-state index in [-0.39, 0.29) is 29.5 Å². The van der Waals surface area contributed by atoms with Crippen LogP contribution in [0.25, 0.3) is 11.0 Å². The standard InChI is InChI=1S/C18H24N4O3S/c1-11(2)22-17-15(9-19-22)14(8-16(20-17)12-4-5-12)18(23)21(3)13-6-7-26(24,25)10-13/h8-9,11-13H,4-7,10H2,1-3H3/t13-/m1/s1. The van der Waals surface area contributed by atoms with Gasteiger partial charge in [-0.25, -0.2) is 18.1 Å². The Hall–Kier alpha value is -1.96. The Morgan fingerprint density at radius 3 is 2.62 bits per heavy atom. The molecule has 0 N–H and O–H groups in total. The number of carbonyl (C=O) groups is 1. The molecular weight excluding hydrogens is 352 g/mol. The largest absolute Gasteiger partial charge is 0.338 e. The Balaban J connectivity index is 1.76. The van der Waals surface area contributed by atoms with Gasteiger partial charge < -0.3 is 4.90 Å². The van der Waals surface area contributed by atoms with Gasteiger partial charge in [0.25, 0.3) is 5.91 Å². The first-order chi connectivity index (χ1) is 12.3. The monoisotopic (exact) mass is 376 g/mol. The van der Waals surface area contributed by atoms with Crippen molar-refractivity contribution in [2.45, 2.75) is 51.1 Å². The fourth-order valence-corrected chi connectivity index (χ4v) is 5.39. The summed E-state index contributed by atoms with van der Waals surface area (Å²) in [6, 6.07) is 1.77. The predicted molar refractivity (Wildman–Crippen MR) is 99.0 cm³/mol. The van der Waals surface area contributed by atoms with Crippen LogP contribution in [0.1, 0.15) is 61.1 Å². The molecule has 8 heteroatoms. The highest BCUT2D eigenvalue weighted by molar-refractivity contribution is 7.91. The third-order valence-corrected chi connectivity index (χ3v) is 7.13. The van der Waals surface area contributed by atoms with Gasteiger partial charge in [0.1, 0.15) is 0 Å². The number of hydrogen-bond acceptors (Lipinski definition) is 5. The lowest BCUT2D eigenvalue weighted by Gasteiger charge is -2.24. The first-order valence-corrected chi connectivity index (χ1v) is 10.9. The van der Waals surface area contributed by atoms with Gasteiger partial charge in [-0.2, -0.15) is 5.10 Å². The minimum Gasteiger partial charge on any atom is -0.338 e. The van der Waals surface area contributed by atoms with E-state index in [4.69, 9.17) is 4.98 Å². The molecule has 2 aromatic heterocycles. The van der Waals surface area contributed by atoms with Gasteiger partial charge in [-0.15, -0.1) is 0 Å². The lowest BCUT2D eigenvalue weighted by Crippen LogP contribution is -2.38. The van der Waals surface area contributed by atoms with Gasteiger partial charge >= 0.3 is 0 Å². The van der Waals surface area contributed by atoms with Crippen molar-refractivity contribution in [2.24, 2.45) is 0 Å². The van der Waals surface area contributed by atoms with Crippen LogP contribution < -0.4 is 0 Å². The van der Waals surface area contributed by atoms with E-state index in [2.05, 4.69) is 5.10 Å². The van der Waals surface area contributed by atoms with Crippen LogP contribution in [0.4, 0.5) is 0 Å². The Morgan fingerprint density at radius 2 is 2.04 bits per heavy atom. The Morgan fingerprint density at radius 1 is 1.31 bits per heavy atom. The highest BCUT2D eigenvalue weighted by Gasteiger charge is 2.35. The molecule has 0 aromatic carbocycles. The molecule has 4 rings (SSSR count). The second-order valence-corrected chi connectivity index (χ2v) is 9.99. The number of sulfone groups is 1. The summed E-state index contributed by atoms with van der Waals surface area (Å²) < 4.78 is 25.4. The van der Waals surface area contributed by atoms with Gasteiger partial charge in [0.2, 0.25) is 0 Å². The van der Waals surface area contributed by atoms with Gasteiger partial charge in [-0.05, 0) is 39.2 Å². The summed E-state index contributed by atoms with van der Waals surface area (Å²) in [5.74, 6) is 0.465. The average Bonchev–Trinajstić information content (AvgIpc) is 3.25. The maximum Gasteiger partial charge on any atom is 0.254 e. The molecule has 0 radical (unpaired) electrons. The van der Waals surface area contributed by atoms with Crippen LogP contribution in [0.3, 0.4) is 0 Å². The Bertz CT molecular complexity index is 976.